The molecule has 6 heteroatoms. The van der Waals surface area contributed by atoms with Crippen molar-refractivity contribution in [3.8, 4) is 0 Å². The van der Waals surface area contributed by atoms with Gasteiger partial charge in [0.1, 0.15) is 0 Å². The van der Waals surface area contributed by atoms with Crippen LogP contribution in [-0.4, -0.2) is 47.4 Å². The summed E-state index contributed by atoms with van der Waals surface area (Å²) in [7, 11) is 0. The van der Waals surface area contributed by atoms with Crippen LogP contribution in [0.25, 0.3) is 0 Å². The van der Waals surface area contributed by atoms with E-state index in [1.54, 1.807) is 6.08 Å². The fourth-order valence-corrected chi connectivity index (χ4v) is 11.6. The molecule has 0 spiro atoms. The number of nitrogens with one attached hydrogen (secondary N) is 1. The van der Waals surface area contributed by atoms with E-state index in [2.05, 4.69) is 43.5 Å². The van der Waals surface area contributed by atoms with E-state index < -0.39 is 12.1 Å². The molecule has 3 N–H and O–H groups in total. The van der Waals surface area contributed by atoms with Gasteiger partial charge in [0.05, 0.1) is 25.4 Å². The van der Waals surface area contributed by atoms with Crippen LogP contribution in [0.5, 0.6) is 0 Å². The van der Waals surface area contributed by atoms with Crippen molar-refractivity contribution in [2.45, 2.75) is 418 Å². The van der Waals surface area contributed by atoms with Gasteiger partial charge in [-0.15, -0.1) is 0 Å². The van der Waals surface area contributed by atoms with Gasteiger partial charge in [-0.3, -0.25) is 9.59 Å². The van der Waals surface area contributed by atoms with Gasteiger partial charge in [0.25, 0.3) is 0 Å². The maximum atomic E-state index is 12.4. The first-order chi connectivity index (χ1) is 40.0. The third-order valence-corrected chi connectivity index (χ3v) is 17.2. The van der Waals surface area contributed by atoms with Crippen molar-refractivity contribution < 1.29 is 24.5 Å². The fraction of sp³-hybridized carbons (Fsp3) is 0.893. The van der Waals surface area contributed by atoms with Crippen molar-refractivity contribution in [1.29, 1.82) is 0 Å². The van der Waals surface area contributed by atoms with E-state index in [0.717, 1.165) is 51.4 Å². The van der Waals surface area contributed by atoms with Gasteiger partial charge in [-0.1, -0.05) is 365 Å². The number of carbonyl (C=O) groups excluding carboxylic acids is 2. The van der Waals surface area contributed by atoms with E-state index in [1.165, 1.54) is 327 Å². The molecule has 0 aliphatic carbocycles. The Morgan fingerprint density at radius 1 is 0.346 bits per heavy atom. The van der Waals surface area contributed by atoms with E-state index in [9.17, 15) is 19.8 Å². The number of rotatable bonds is 69. The molecule has 0 bridgehead atoms. The summed E-state index contributed by atoms with van der Waals surface area (Å²) < 4.78 is 5.50. The third-order valence-electron chi connectivity index (χ3n) is 17.2. The van der Waals surface area contributed by atoms with E-state index in [0.29, 0.717) is 19.4 Å². The van der Waals surface area contributed by atoms with E-state index in [1.807, 2.05) is 6.08 Å². The lowest BCUT2D eigenvalue weighted by Crippen LogP contribution is -2.45. The van der Waals surface area contributed by atoms with Crippen LogP contribution in [0, 0.1) is 0 Å². The molecular weight excluding hydrogens is 995 g/mol. The summed E-state index contributed by atoms with van der Waals surface area (Å²) >= 11 is 0. The monoisotopic (exact) mass is 1140 g/mol. The molecule has 0 aliphatic rings. The Kier molecular flexibility index (Phi) is 68.9. The Bertz CT molecular complexity index is 1310. The fourth-order valence-electron chi connectivity index (χ4n) is 11.6. The lowest BCUT2D eigenvalue weighted by atomic mass is 10.0. The van der Waals surface area contributed by atoms with Crippen molar-refractivity contribution in [1.82, 2.24) is 5.32 Å². The smallest absolute Gasteiger partial charge is 0.305 e. The van der Waals surface area contributed by atoms with Crippen molar-refractivity contribution in [3.05, 3.63) is 36.5 Å². The highest BCUT2D eigenvalue weighted by molar-refractivity contribution is 5.76. The minimum Gasteiger partial charge on any atom is -0.466 e. The van der Waals surface area contributed by atoms with E-state index >= 15 is 0 Å². The number of amides is 1. The topological polar surface area (TPSA) is 95.9 Å². The summed E-state index contributed by atoms with van der Waals surface area (Å²) in [5.74, 6) is -0.0520. The Hall–Kier alpha value is -1.92. The SMILES string of the molecule is CCCCCC/C=C\C/C=C\CCCCCCCC(=O)OCCCCCCCCCCCCCCCCCCCCCCCCCCCCCCCCCCCCCCCC(=O)NC(CO)C(O)/C=C/CCCCCCCCCCC. The molecule has 0 aromatic heterocycles. The lowest BCUT2D eigenvalue weighted by Gasteiger charge is -2.20. The summed E-state index contributed by atoms with van der Waals surface area (Å²) in [6.07, 6.45) is 91.2. The van der Waals surface area contributed by atoms with Crippen molar-refractivity contribution in [2.75, 3.05) is 13.2 Å². The van der Waals surface area contributed by atoms with E-state index in [4.69, 9.17) is 4.74 Å². The molecule has 2 unspecified atom stereocenters. The number of aliphatic hydroxyl groups excluding tert-OH is 2. The van der Waals surface area contributed by atoms with Crippen LogP contribution in [-0.2, 0) is 14.3 Å². The van der Waals surface area contributed by atoms with Gasteiger partial charge in [0.2, 0.25) is 5.91 Å². The normalized spacial score (nSPS) is 12.7. The molecule has 0 rings (SSSR count). The molecule has 0 heterocycles. The van der Waals surface area contributed by atoms with Crippen molar-refractivity contribution in [3.63, 3.8) is 0 Å². The maximum Gasteiger partial charge on any atom is 0.305 e. The summed E-state index contributed by atoms with van der Waals surface area (Å²) in [4.78, 5) is 24.5. The first kappa shape index (κ1) is 79.1. The van der Waals surface area contributed by atoms with E-state index in [-0.39, 0.29) is 18.5 Å². The number of carbonyl (C=O) groups is 2. The first-order valence-electron chi connectivity index (χ1n) is 36.8. The van der Waals surface area contributed by atoms with Gasteiger partial charge < -0.3 is 20.3 Å². The Morgan fingerprint density at radius 2 is 0.617 bits per heavy atom. The quantitative estimate of drug-likeness (QED) is 0.0320. The third kappa shape index (κ3) is 67.1. The number of esters is 1. The molecule has 6 nitrogen and oxygen atoms in total. The largest absolute Gasteiger partial charge is 0.466 e. The molecular formula is C75H143NO5. The number of unbranched alkanes of at least 4 members (excludes halogenated alkanes) is 54. The highest BCUT2D eigenvalue weighted by atomic mass is 16.5. The van der Waals surface area contributed by atoms with Crippen LogP contribution in [0.15, 0.2) is 36.5 Å². The molecule has 0 saturated carbocycles. The summed E-state index contributed by atoms with van der Waals surface area (Å²) in [5, 5.41) is 23.1. The predicted octanol–water partition coefficient (Wildman–Crippen LogP) is 23.9. The zero-order chi connectivity index (χ0) is 58.5. The van der Waals surface area contributed by atoms with Gasteiger partial charge in [-0.2, -0.15) is 0 Å². The zero-order valence-corrected chi connectivity index (χ0v) is 54.8. The van der Waals surface area contributed by atoms with Gasteiger partial charge in [0, 0.05) is 12.8 Å². The molecule has 0 aromatic rings. The van der Waals surface area contributed by atoms with Gasteiger partial charge in [-0.25, -0.2) is 0 Å². The Morgan fingerprint density at radius 3 is 0.951 bits per heavy atom. The molecule has 0 aromatic carbocycles. The second-order valence-corrected chi connectivity index (χ2v) is 25.3. The lowest BCUT2D eigenvalue weighted by molar-refractivity contribution is -0.143. The standard InChI is InChI=1S/C75H143NO5/c1-3-5-7-9-11-13-15-16-17-42-45-49-53-57-61-65-69-75(80)81-70-66-62-58-54-50-46-43-40-38-36-34-32-30-28-26-24-22-20-18-19-21-23-25-27-29-31-33-35-37-39-41-44-48-52-56-60-64-68-74(79)76-72(71-77)73(78)67-63-59-55-51-47-14-12-10-8-6-4-2/h13,15,17,42,63,67,72-73,77-78H,3-12,14,16,18-41,43-62,64-66,68-71H2,1-2H3,(H,76,79)/b15-13-,42-17-,67-63+. The zero-order valence-electron chi connectivity index (χ0n) is 54.8. The Balaban J connectivity index is 3.29. The molecule has 0 saturated heterocycles. The molecule has 81 heavy (non-hydrogen) atoms. The summed E-state index contributed by atoms with van der Waals surface area (Å²) in [5.41, 5.74) is 0. The number of ether oxygens (including phenoxy) is 1. The highest BCUT2D eigenvalue weighted by Crippen LogP contribution is 2.19. The van der Waals surface area contributed by atoms with Crippen LogP contribution in [0.1, 0.15) is 406 Å². The molecule has 478 valence electrons. The number of aliphatic hydroxyl groups is 2. The molecule has 1 amide bonds. The number of hydrogen-bond donors (Lipinski definition) is 3. The van der Waals surface area contributed by atoms with Crippen LogP contribution < -0.4 is 5.32 Å². The van der Waals surface area contributed by atoms with Crippen LogP contribution in [0.2, 0.25) is 0 Å². The molecule has 0 fully saturated rings. The van der Waals surface area contributed by atoms with Crippen LogP contribution in [0.4, 0.5) is 0 Å². The van der Waals surface area contributed by atoms with Crippen LogP contribution >= 0.6 is 0 Å². The molecule has 2 atom stereocenters. The second kappa shape index (κ2) is 70.6. The molecule has 0 radical (unpaired) electrons. The van der Waals surface area contributed by atoms with Gasteiger partial charge >= 0.3 is 5.97 Å². The summed E-state index contributed by atoms with van der Waals surface area (Å²) in [6.45, 7) is 4.90. The predicted molar refractivity (Wildman–Crippen MR) is 356 cm³/mol. The first-order valence-corrected chi connectivity index (χ1v) is 36.8. The van der Waals surface area contributed by atoms with Crippen molar-refractivity contribution in [2.24, 2.45) is 0 Å². The van der Waals surface area contributed by atoms with Gasteiger partial charge in [-0.05, 0) is 64.2 Å². The second-order valence-electron chi connectivity index (χ2n) is 25.3. The number of hydrogen-bond acceptors (Lipinski definition) is 5. The average molecular weight is 1140 g/mol. The Labute approximate surface area is 506 Å². The van der Waals surface area contributed by atoms with Gasteiger partial charge in [0.15, 0.2) is 0 Å². The molecule has 0 aliphatic heterocycles. The van der Waals surface area contributed by atoms with Crippen molar-refractivity contribution >= 4 is 11.9 Å². The summed E-state index contributed by atoms with van der Waals surface area (Å²) in [6, 6.07) is -0.622. The maximum absolute atomic E-state index is 12.4. The minimum absolute atomic E-state index is 0.00995. The van der Waals surface area contributed by atoms with Crippen LogP contribution in [0.3, 0.4) is 0 Å². The minimum atomic E-state index is -0.839. The number of allylic oxidation sites excluding steroid dienone is 5. The average Bonchev–Trinajstić information content (AvgIpc) is 3.47. The highest BCUT2D eigenvalue weighted by Gasteiger charge is 2.18.